The SMILES string of the molecule is NC(N)=NC(N)=Nc1c(F)cccc1C(=O)O. The number of hydrogen-bond acceptors (Lipinski definition) is 2. The van der Waals surface area contributed by atoms with Crippen LogP contribution in [0.1, 0.15) is 10.4 Å². The third-order valence-corrected chi connectivity index (χ3v) is 1.69. The van der Waals surface area contributed by atoms with Crippen LogP contribution < -0.4 is 17.2 Å². The highest BCUT2D eigenvalue weighted by molar-refractivity contribution is 5.97. The van der Waals surface area contributed by atoms with E-state index in [0.29, 0.717) is 0 Å². The fourth-order valence-electron chi connectivity index (χ4n) is 1.07. The van der Waals surface area contributed by atoms with E-state index in [1.807, 2.05) is 0 Å². The van der Waals surface area contributed by atoms with Gasteiger partial charge in [0.2, 0.25) is 5.96 Å². The lowest BCUT2D eigenvalue weighted by Gasteiger charge is -2.02. The number of rotatable bonds is 2. The predicted molar refractivity (Wildman–Crippen MR) is 60.5 cm³/mol. The first-order valence-corrected chi connectivity index (χ1v) is 4.37. The van der Waals surface area contributed by atoms with Crippen LogP contribution in [-0.4, -0.2) is 23.0 Å². The molecule has 0 aliphatic heterocycles. The van der Waals surface area contributed by atoms with Gasteiger partial charge in [0.15, 0.2) is 5.96 Å². The monoisotopic (exact) mass is 239 g/mol. The maximum Gasteiger partial charge on any atom is 0.338 e. The lowest BCUT2D eigenvalue weighted by molar-refractivity contribution is 0.0697. The van der Waals surface area contributed by atoms with Gasteiger partial charge in [0.05, 0.1) is 5.56 Å². The van der Waals surface area contributed by atoms with Crippen LogP contribution in [0.2, 0.25) is 0 Å². The van der Waals surface area contributed by atoms with Gasteiger partial charge in [-0.3, -0.25) is 0 Å². The van der Waals surface area contributed by atoms with Crippen LogP contribution in [0.15, 0.2) is 28.2 Å². The Labute approximate surface area is 95.5 Å². The molecule has 0 atom stereocenters. The number of aliphatic imine (C=N–C) groups is 2. The van der Waals surface area contributed by atoms with Gasteiger partial charge in [-0.2, -0.15) is 4.99 Å². The first-order valence-electron chi connectivity index (χ1n) is 4.37. The fraction of sp³-hybridized carbons (Fsp3) is 0. The minimum Gasteiger partial charge on any atom is -0.478 e. The van der Waals surface area contributed by atoms with Crippen LogP contribution in [0.3, 0.4) is 0 Å². The Kier molecular flexibility index (Phi) is 3.60. The van der Waals surface area contributed by atoms with Gasteiger partial charge in [0.25, 0.3) is 0 Å². The quantitative estimate of drug-likeness (QED) is 0.416. The van der Waals surface area contributed by atoms with Gasteiger partial charge in [-0.25, -0.2) is 14.2 Å². The summed E-state index contributed by atoms with van der Waals surface area (Å²) in [6.45, 7) is 0. The molecule has 1 rings (SSSR count). The second-order valence-corrected chi connectivity index (χ2v) is 2.95. The van der Waals surface area contributed by atoms with Gasteiger partial charge >= 0.3 is 5.97 Å². The van der Waals surface area contributed by atoms with E-state index in [-0.39, 0.29) is 11.5 Å². The second kappa shape index (κ2) is 4.92. The molecule has 1 aromatic carbocycles. The molecule has 90 valence electrons. The summed E-state index contributed by atoms with van der Waals surface area (Å²) < 4.78 is 13.4. The van der Waals surface area contributed by atoms with E-state index < -0.39 is 23.4 Å². The van der Waals surface area contributed by atoms with Gasteiger partial charge in [0, 0.05) is 0 Å². The van der Waals surface area contributed by atoms with Crippen molar-refractivity contribution < 1.29 is 14.3 Å². The summed E-state index contributed by atoms with van der Waals surface area (Å²) in [5.74, 6) is -2.96. The van der Waals surface area contributed by atoms with Gasteiger partial charge in [-0.15, -0.1) is 0 Å². The minimum absolute atomic E-state index is 0.334. The molecule has 0 bridgehead atoms. The van der Waals surface area contributed by atoms with Crippen LogP contribution in [0.25, 0.3) is 0 Å². The molecule has 7 nitrogen and oxygen atoms in total. The highest BCUT2D eigenvalue weighted by Gasteiger charge is 2.13. The molecule has 0 unspecified atom stereocenters. The number of carboxylic acids is 1. The van der Waals surface area contributed by atoms with Crippen molar-refractivity contribution in [1.29, 1.82) is 0 Å². The zero-order valence-corrected chi connectivity index (χ0v) is 8.59. The van der Waals surface area contributed by atoms with E-state index >= 15 is 0 Å². The Morgan fingerprint density at radius 2 is 1.94 bits per heavy atom. The number of carbonyl (C=O) groups is 1. The number of guanidine groups is 2. The van der Waals surface area contributed by atoms with Crippen molar-refractivity contribution in [1.82, 2.24) is 0 Å². The van der Waals surface area contributed by atoms with Crippen molar-refractivity contribution in [2.45, 2.75) is 0 Å². The summed E-state index contributed by atoms with van der Waals surface area (Å²) in [6, 6.07) is 3.48. The highest BCUT2D eigenvalue weighted by Crippen LogP contribution is 2.23. The predicted octanol–water partition coefficient (Wildman–Crippen LogP) is -0.256. The number of halogens is 1. The number of nitrogens with two attached hydrogens (primary N) is 3. The molecule has 0 saturated carbocycles. The molecule has 0 aliphatic rings. The summed E-state index contributed by atoms with van der Waals surface area (Å²) >= 11 is 0. The van der Waals surface area contributed by atoms with Crippen molar-refractivity contribution in [3.05, 3.63) is 29.6 Å². The van der Waals surface area contributed by atoms with E-state index in [1.165, 1.54) is 12.1 Å². The van der Waals surface area contributed by atoms with Gasteiger partial charge < -0.3 is 22.3 Å². The van der Waals surface area contributed by atoms with E-state index in [9.17, 15) is 9.18 Å². The molecule has 0 aromatic heterocycles. The highest BCUT2D eigenvalue weighted by atomic mass is 19.1. The van der Waals surface area contributed by atoms with Crippen LogP contribution >= 0.6 is 0 Å². The summed E-state index contributed by atoms with van der Waals surface area (Å²) in [7, 11) is 0. The van der Waals surface area contributed by atoms with Crippen molar-refractivity contribution in [2.24, 2.45) is 27.2 Å². The molecular formula is C9H10FN5O2. The van der Waals surface area contributed by atoms with Gasteiger partial charge in [-0.1, -0.05) is 6.07 Å². The number of carboxylic acid groups (broad SMARTS) is 1. The normalized spacial score (nSPS) is 11.0. The second-order valence-electron chi connectivity index (χ2n) is 2.95. The first kappa shape index (κ1) is 12.4. The number of para-hydroxylation sites is 1. The Bertz CT molecular complexity index is 508. The minimum atomic E-state index is -1.33. The Morgan fingerprint density at radius 1 is 1.29 bits per heavy atom. The van der Waals surface area contributed by atoms with Crippen molar-refractivity contribution in [3.8, 4) is 0 Å². The Balaban J connectivity index is 3.31. The molecule has 7 N–H and O–H groups in total. The number of hydrogen-bond donors (Lipinski definition) is 4. The van der Waals surface area contributed by atoms with Crippen LogP contribution in [0.5, 0.6) is 0 Å². The molecule has 0 amide bonds. The Hall–Kier alpha value is -2.64. The molecule has 0 heterocycles. The molecule has 1 aromatic rings. The van der Waals surface area contributed by atoms with Gasteiger partial charge in [-0.05, 0) is 12.1 Å². The smallest absolute Gasteiger partial charge is 0.338 e. The molecule has 0 radical (unpaired) electrons. The molecule has 0 aliphatic carbocycles. The summed E-state index contributed by atoms with van der Waals surface area (Å²) in [6.07, 6.45) is 0. The largest absolute Gasteiger partial charge is 0.478 e. The molecule has 0 spiro atoms. The summed E-state index contributed by atoms with van der Waals surface area (Å²) in [5.41, 5.74) is 14.6. The lowest BCUT2D eigenvalue weighted by Crippen LogP contribution is -2.26. The average molecular weight is 239 g/mol. The van der Waals surface area contributed by atoms with Crippen molar-refractivity contribution in [3.63, 3.8) is 0 Å². The maximum atomic E-state index is 13.4. The van der Waals surface area contributed by atoms with Crippen LogP contribution in [-0.2, 0) is 0 Å². The lowest BCUT2D eigenvalue weighted by atomic mass is 10.2. The zero-order valence-electron chi connectivity index (χ0n) is 8.59. The van der Waals surface area contributed by atoms with E-state index in [2.05, 4.69) is 9.98 Å². The van der Waals surface area contributed by atoms with Crippen LogP contribution in [0, 0.1) is 5.82 Å². The van der Waals surface area contributed by atoms with Crippen molar-refractivity contribution >= 4 is 23.6 Å². The third-order valence-electron chi connectivity index (χ3n) is 1.69. The van der Waals surface area contributed by atoms with Gasteiger partial charge in [0.1, 0.15) is 11.5 Å². The molecule has 0 fully saturated rings. The number of aromatic carboxylic acids is 1. The summed E-state index contributed by atoms with van der Waals surface area (Å²) in [4.78, 5) is 17.7. The van der Waals surface area contributed by atoms with E-state index in [0.717, 1.165) is 6.07 Å². The third kappa shape index (κ3) is 3.16. The number of nitrogens with zero attached hydrogens (tertiary/aromatic N) is 2. The van der Waals surface area contributed by atoms with E-state index in [4.69, 9.17) is 22.3 Å². The topological polar surface area (TPSA) is 140 Å². The van der Waals surface area contributed by atoms with Crippen molar-refractivity contribution in [2.75, 3.05) is 0 Å². The molecular weight excluding hydrogens is 229 g/mol. The molecule has 8 heteroatoms. The maximum absolute atomic E-state index is 13.4. The fourth-order valence-corrected chi connectivity index (χ4v) is 1.07. The standard InChI is InChI=1S/C9H10FN5O2/c10-5-3-1-2-4(7(16)17)6(5)14-9(13)15-8(11)12/h1-3H,(H,16,17)(H6,11,12,13,14,15). The summed E-state index contributed by atoms with van der Waals surface area (Å²) in [5, 5.41) is 8.82. The first-order chi connectivity index (χ1) is 7.91. The average Bonchev–Trinajstić information content (AvgIpc) is 2.19. The molecule has 17 heavy (non-hydrogen) atoms. The van der Waals surface area contributed by atoms with Crippen LogP contribution in [0.4, 0.5) is 10.1 Å². The zero-order chi connectivity index (χ0) is 13.0. The Morgan fingerprint density at radius 3 is 2.47 bits per heavy atom. The number of benzene rings is 1. The molecule has 0 saturated heterocycles. The van der Waals surface area contributed by atoms with E-state index in [1.54, 1.807) is 0 Å².